The molecule has 0 saturated carbocycles. The van der Waals surface area contributed by atoms with Crippen LogP contribution in [0, 0.1) is 5.92 Å². The summed E-state index contributed by atoms with van der Waals surface area (Å²) in [5, 5.41) is 11.1. The predicted octanol–water partition coefficient (Wildman–Crippen LogP) is 4.31. The Kier molecular flexibility index (Phi) is 12.5. The Balaban J connectivity index is 0.000000427. The molecular weight excluding hydrogens is 448 g/mol. The minimum Gasteiger partial charge on any atom is -0.480 e. The van der Waals surface area contributed by atoms with Gasteiger partial charge in [-0.1, -0.05) is 80.9 Å². The first-order valence-electron chi connectivity index (χ1n) is 11.6. The highest BCUT2D eigenvalue weighted by Crippen LogP contribution is 2.13. The number of nitrogens with two attached hydrogens (primary N) is 1. The Morgan fingerprint density at radius 1 is 0.971 bits per heavy atom. The molecule has 0 saturated heterocycles. The molecule has 0 aromatic heterocycles. The molecule has 0 fully saturated rings. The van der Waals surface area contributed by atoms with Crippen molar-refractivity contribution < 1.29 is 29.0 Å². The van der Waals surface area contributed by atoms with Gasteiger partial charge in [0.05, 0.1) is 0 Å². The summed E-state index contributed by atoms with van der Waals surface area (Å²) in [6.07, 6.45) is 0.510. The molecule has 0 heterocycles. The van der Waals surface area contributed by atoms with Crippen LogP contribution in [0.25, 0.3) is 0 Å². The van der Waals surface area contributed by atoms with E-state index >= 15 is 0 Å². The van der Waals surface area contributed by atoms with Gasteiger partial charge >= 0.3 is 18.0 Å². The summed E-state index contributed by atoms with van der Waals surface area (Å²) in [6, 6.07) is 17.3. The van der Waals surface area contributed by atoms with Crippen LogP contribution < -0.4 is 11.1 Å². The van der Waals surface area contributed by atoms with Crippen molar-refractivity contribution in [3.8, 4) is 0 Å². The summed E-state index contributed by atoms with van der Waals surface area (Å²) in [5.74, 6) is -1.46. The van der Waals surface area contributed by atoms with Crippen LogP contribution >= 0.6 is 0 Å². The van der Waals surface area contributed by atoms with E-state index in [1.165, 1.54) is 0 Å². The van der Waals surface area contributed by atoms with Crippen molar-refractivity contribution >= 4 is 18.0 Å². The Labute approximate surface area is 207 Å². The Morgan fingerprint density at radius 3 is 1.94 bits per heavy atom. The molecule has 8 nitrogen and oxygen atoms in total. The first kappa shape index (κ1) is 29.6. The van der Waals surface area contributed by atoms with Crippen molar-refractivity contribution in [2.24, 2.45) is 11.7 Å². The number of nitrogens with one attached hydrogen (secondary N) is 1. The Hall–Kier alpha value is -3.39. The number of alkyl carbamates (subject to hydrolysis) is 1. The maximum Gasteiger partial charge on any atom is 0.408 e. The zero-order chi connectivity index (χ0) is 26.4. The molecule has 3 atom stereocenters. The number of carboxylic acid groups (broad SMARTS) is 1. The topological polar surface area (TPSA) is 128 Å². The molecule has 0 spiro atoms. The van der Waals surface area contributed by atoms with Gasteiger partial charge in [-0.2, -0.15) is 0 Å². The van der Waals surface area contributed by atoms with Crippen LogP contribution in [0.5, 0.6) is 0 Å². The molecular formula is C27H38N2O6. The third-order valence-corrected chi connectivity index (χ3v) is 4.98. The number of hydrogen-bond acceptors (Lipinski definition) is 6. The predicted molar refractivity (Wildman–Crippen MR) is 135 cm³/mol. The summed E-state index contributed by atoms with van der Waals surface area (Å²) in [4.78, 5) is 34.6. The summed E-state index contributed by atoms with van der Waals surface area (Å²) in [5.41, 5.74) is 6.59. The summed E-state index contributed by atoms with van der Waals surface area (Å²) < 4.78 is 10.6. The average molecular weight is 487 g/mol. The molecule has 192 valence electrons. The van der Waals surface area contributed by atoms with E-state index < -0.39 is 35.7 Å². The van der Waals surface area contributed by atoms with Crippen molar-refractivity contribution in [3.05, 3.63) is 71.8 Å². The average Bonchev–Trinajstić information content (AvgIpc) is 2.81. The lowest BCUT2D eigenvalue weighted by Crippen LogP contribution is -2.47. The maximum absolute atomic E-state index is 12.3. The lowest BCUT2D eigenvalue weighted by molar-refractivity contribution is -0.149. The molecule has 2 aromatic rings. The highest BCUT2D eigenvalue weighted by Gasteiger charge is 2.29. The van der Waals surface area contributed by atoms with Crippen LogP contribution in [0.2, 0.25) is 0 Å². The molecule has 2 aromatic carbocycles. The van der Waals surface area contributed by atoms with Crippen molar-refractivity contribution in [2.75, 3.05) is 0 Å². The smallest absolute Gasteiger partial charge is 0.408 e. The van der Waals surface area contributed by atoms with E-state index in [9.17, 15) is 14.4 Å². The van der Waals surface area contributed by atoms with Gasteiger partial charge < -0.3 is 25.6 Å². The number of esters is 1. The number of hydrogen-bond donors (Lipinski definition) is 3. The summed E-state index contributed by atoms with van der Waals surface area (Å²) in [6.45, 7) is 9.36. The molecule has 0 aliphatic carbocycles. The second kappa shape index (κ2) is 14.8. The summed E-state index contributed by atoms with van der Waals surface area (Å²) in [7, 11) is 0. The lowest BCUT2D eigenvalue weighted by Gasteiger charge is -2.25. The van der Waals surface area contributed by atoms with Crippen LogP contribution in [0.3, 0.4) is 0 Å². The number of carboxylic acids is 1. The van der Waals surface area contributed by atoms with Crippen LogP contribution in [-0.4, -0.2) is 40.8 Å². The van der Waals surface area contributed by atoms with Crippen LogP contribution in [0.4, 0.5) is 4.79 Å². The van der Waals surface area contributed by atoms with E-state index in [1.54, 1.807) is 20.8 Å². The van der Waals surface area contributed by atoms with Gasteiger partial charge in [-0.15, -0.1) is 0 Å². The third kappa shape index (κ3) is 12.6. The largest absolute Gasteiger partial charge is 0.480 e. The fourth-order valence-electron chi connectivity index (χ4n) is 2.88. The monoisotopic (exact) mass is 486 g/mol. The molecule has 0 aliphatic rings. The highest BCUT2D eigenvalue weighted by molar-refractivity contribution is 5.81. The minimum atomic E-state index is -0.959. The SMILES string of the molecule is CC[C@H](C)[C@H](NC(=O)OC(C)(C)C)C(=O)OCc1ccccc1.N[C@@H](Cc1ccccc1)C(=O)O. The van der Waals surface area contributed by atoms with Gasteiger partial charge in [0.15, 0.2) is 0 Å². The van der Waals surface area contributed by atoms with Gasteiger partial charge in [0.2, 0.25) is 0 Å². The molecule has 0 radical (unpaired) electrons. The van der Waals surface area contributed by atoms with Crippen molar-refractivity contribution in [2.45, 2.75) is 71.8 Å². The van der Waals surface area contributed by atoms with E-state index in [2.05, 4.69) is 5.32 Å². The first-order valence-corrected chi connectivity index (χ1v) is 11.6. The number of carbonyl (C=O) groups is 3. The molecule has 2 rings (SSSR count). The molecule has 0 bridgehead atoms. The van der Waals surface area contributed by atoms with Crippen molar-refractivity contribution in [1.82, 2.24) is 5.32 Å². The Morgan fingerprint density at radius 2 is 1.49 bits per heavy atom. The number of aliphatic carboxylic acids is 1. The van der Waals surface area contributed by atoms with Crippen molar-refractivity contribution in [3.63, 3.8) is 0 Å². The van der Waals surface area contributed by atoms with Crippen LogP contribution in [0.15, 0.2) is 60.7 Å². The standard InChI is InChI=1S/C18H27NO4.C9H11NO2/c1-6-13(2)15(19-17(21)23-18(3,4)5)16(20)22-12-14-10-8-7-9-11-14;10-8(9(11)12)6-7-4-2-1-3-5-7/h7-11,13,15H,6,12H2,1-5H3,(H,19,21);1-5,8H,6,10H2,(H,11,12)/t13-,15-;8-/m00/s1. The highest BCUT2D eigenvalue weighted by atomic mass is 16.6. The number of amides is 1. The van der Waals surface area contributed by atoms with E-state index in [0.717, 1.165) is 17.5 Å². The van der Waals surface area contributed by atoms with Gasteiger partial charge in [0, 0.05) is 0 Å². The molecule has 8 heteroatoms. The van der Waals surface area contributed by atoms with Crippen LogP contribution in [-0.2, 0) is 32.1 Å². The number of ether oxygens (including phenoxy) is 2. The maximum atomic E-state index is 12.3. The second-order valence-electron chi connectivity index (χ2n) is 9.24. The van der Waals surface area contributed by atoms with Gasteiger partial charge in [0.25, 0.3) is 0 Å². The van der Waals surface area contributed by atoms with E-state index in [1.807, 2.05) is 74.5 Å². The fourth-order valence-corrected chi connectivity index (χ4v) is 2.88. The Bertz CT molecular complexity index is 912. The molecule has 1 amide bonds. The second-order valence-corrected chi connectivity index (χ2v) is 9.24. The fraction of sp³-hybridized carbons (Fsp3) is 0.444. The zero-order valence-electron chi connectivity index (χ0n) is 21.2. The number of rotatable bonds is 9. The lowest BCUT2D eigenvalue weighted by atomic mass is 9.99. The van der Waals surface area contributed by atoms with E-state index in [0.29, 0.717) is 6.42 Å². The van der Waals surface area contributed by atoms with Crippen LogP contribution in [0.1, 0.15) is 52.2 Å². The van der Waals surface area contributed by atoms with Gasteiger partial charge in [-0.25, -0.2) is 9.59 Å². The quantitative estimate of drug-likeness (QED) is 0.451. The minimum absolute atomic E-state index is 0.0502. The van der Waals surface area contributed by atoms with E-state index in [4.69, 9.17) is 20.3 Å². The zero-order valence-corrected chi connectivity index (χ0v) is 21.2. The van der Waals surface area contributed by atoms with Crippen molar-refractivity contribution in [1.29, 1.82) is 0 Å². The van der Waals surface area contributed by atoms with E-state index in [-0.39, 0.29) is 12.5 Å². The molecule has 0 aliphatic heterocycles. The molecule has 0 unspecified atom stereocenters. The van der Waals surface area contributed by atoms with Gasteiger partial charge in [0.1, 0.15) is 24.3 Å². The number of carbonyl (C=O) groups excluding carboxylic acids is 2. The molecule has 4 N–H and O–H groups in total. The molecule has 35 heavy (non-hydrogen) atoms. The first-order chi connectivity index (χ1) is 16.4. The summed E-state index contributed by atoms with van der Waals surface area (Å²) >= 11 is 0. The van der Waals surface area contributed by atoms with Gasteiger partial charge in [-0.3, -0.25) is 4.79 Å². The van der Waals surface area contributed by atoms with Gasteiger partial charge in [-0.05, 0) is 44.2 Å². The number of benzene rings is 2. The normalized spacial score (nSPS) is 13.3. The third-order valence-electron chi connectivity index (χ3n) is 4.98.